The van der Waals surface area contributed by atoms with E-state index in [1.54, 1.807) is 36.0 Å². The van der Waals surface area contributed by atoms with E-state index >= 15 is 0 Å². The molecule has 0 fully saturated rings. The van der Waals surface area contributed by atoms with Gasteiger partial charge in [-0.2, -0.15) is 11.8 Å². The average molecular weight is 421 g/mol. The van der Waals surface area contributed by atoms with Crippen molar-refractivity contribution < 1.29 is 17.9 Å². The molecular weight excluding hydrogens is 396 g/mol. The summed E-state index contributed by atoms with van der Waals surface area (Å²) in [5, 5.41) is 2.84. The van der Waals surface area contributed by atoms with E-state index in [1.807, 2.05) is 0 Å². The fraction of sp³-hybridized carbons (Fsp3) is 0.350. The molecule has 0 spiro atoms. The fourth-order valence-corrected chi connectivity index (χ4v) is 4.62. The number of anilines is 1. The first kappa shape index (κ1) is 20.5. The summed E-state index contributed by atoms with van der Waals surface area (Å²) in [6.07, 6.45) is 0.262. The first-order valence-electron chi connectivity index (χ1n) is 8.99. The van der Waals surface area contributed by atoms with Gasteiger partial charge in [-0.05, 0) is 24.6 Å². The molecule has 0 saturated carbocycles. The zero-order chi connectivity index (χ0) is 20.1. The summed E-state index contributed by atoms with van der Waals surface area (Å²) in [6, 6.07) is 15.2. The molecule has 1 atom stereocenters. The van der Waals surface area contributed by atoms with Crippen molar-refractivity contribution in [3.63, 3.8) is 0 Å². The lowest BCUT2D eigenvalue weighted by atomic mass is 10.2. The molecule has 1 unspecified atom stereocenters. The van der Waals surface area contributed by atoms with Crippen LogP contribution in [0, 0.1) is 6.92 Å². The van der Waals surface area contributed by atoms with E-state index in [4.69, 9.17) is 4.74 Å². The zero-order valence-corrected chi connectivity index (χ0v) is 17.6. The number of benzene rings is 2. The normalized spacial score (nSPS) is 16.2. The number of sulfonamides is 1. The molecule has 0 aromatic heterocycles. The van der Waals surface area contributed by atoms with Crippen LogP contribution in [0.25, 0.3) is 0 Å². The molecule has 0 radical (unpaired) electrons. The third-order valence-corrected chi connectivity index (χ3v) is 6.54. The van der Waals surface area contributed by atoms with E-state index in [0.717, 1.165) is 17.8 Å². The average Bonchev–Trinajstić information content (AvgIpc) is 2.67. The SMILES string of the molecule is Cc1ccc(CSCCNC(=O)C2CN(S(C)(=O)=O)c3ccccc3O2)cc1. The number of carbonyl (C=O) groups excluding carboxylic acids is 1. The van der Waals surface area contributed by atoms with Gasteiger partial charge < -0.3 is 10.1 Å². The molecule has 150 valence electrons. The maximum atomic E-state index is 12.5. The molecule has 2 aromatic carbocycles. The lowest BCUT2D eigenvalue weighted by molar-refractivity contribution is -0.127. The number of nitrogens with one attached hydrogen (secondary N) is 1. The molecule has 1 heterocycles. The molecule has 0 aliphatic carbocycles. The number of para-hydroxylation sites is 2. The van der Waals surface area contributed by atoms with Gasteiger partial charge in [-0.25, -0.2) is 8.42 Å². The van der Waals surface area contributed by atoms with Gasteiger partial charge in [0.05, 0.1) is 18.5 Å². The number of hydrogen-bond acceptors (Lipinski definition) is 5. The predicted molar refractivity (Wildman–Crippen MR) is 113 cm³/mol. The fourth-order valence-electron chi connectivity index (χ4n) is 2.89. The second kappa shape index (κ2) is 8.87. The van der Waals surface area contributed by atoms with Crippen LogP contribution in [-0.2, 0) is 20.6 Å². The van der Waals surface area contributed by atoms with Gasteiger partial charge in [-0.15, -0.1) is 0 Å². The standard InChI is InChI=1S/C20H24N2O4S2/c1-15-7-9-16(10-8-15)14-27-12-11-21-20(23)19-13-22(28(2,24)25)17-5-3-4-6-18(17)26-19/h3-10,19H,11-14H2,1-2H3,(H,21,23). The number of ether oxygens (including phenoxy) is 1. The van der Waals surface area contributed by atoms with Crippen LogP contribution in [0.5, 0.6) is 5.75 Å². The van der Waals surface area contributed by atoms with E-state index in [2.05, 4.69) is 36.5 Å². The predicted octanol–water partition coefficient (Wildman–Crippen LogP) is 2.57. The van der Waals surface area contributed by atoms with Gasteiger partial charge in [-0.1, -0.05) is 42.0 Å². The lowest BCUT2D eigenvalue weighted by Gasteiger charge is -2.33. The highest BCUT2D eigenvalue weighted by molar-refractivity contribution is 7.98. The summed E-state index contributed by atoms with van der Waals surface area (Å²) in [7, 11) is -3.50. The number of fused-ring (bicyclic) bond motifs is 1. The first-order chi connectivity index (χ1) is 13.3. The smallest absolute Gasteiger partial charge is 0.263 e. The molecule has 1 amide bonds. The molecule has 6 nitrogen and oxygen atoms in total. The summed E-state index contributed by atoms with van der Waals surface area (Å²) in [5.74, 6) is 1.73. The molecule has 1 aliphatic rings. The first-order valence-corrected chi connectivity index (χ1v) is 12.0. The summed E-state index contributed by atoms with van der Waals surface area (Å²) in [4.78, 5) is 12.5. The molecular formula is C20H24N2O4S2. The van der Waals surface area contributed by atoms with Crippen molar-refractivity contribution >= 4 is 33.4 Å². The summed E-state index contributed by atoms with van der Waals surface area (Å²) >= 11 is 1.73. The minimum atomic E-state index is -3.50. The Morgan fingerprint density at radius 3 is 2.64 bits per heavy atom. The van der Waals surface area contributed by atoms with Crippen LogP contribution >= 0.6 is 11.8 Å². The Morgan fingerprint density at radius 1 is 1.21 bits per heavy atom. The summed E-state index contributed by atoms with van der Waals surface area (Å²) in [5.41, 5.74) is 2.94. The number of thioether (sulfide) groups is 1. The molecule has 1 N–H and O–H groups in total. The van der Waals surface area contributed by atoms with Crippen LogP contribution in [0.2, 0.25) is 0 Å². The van der Waals surface area contributed by atoms with Gasteiger partial charge in [-0.3, -0.25) is 9.10 Å². The molecule has 1 aliphatic heterocycles. The van der Waals surface area contributed by atoms with Crippen molar-refractivity contribution in [2.24, 2.45) is 0 Å². The quantitative estimate of drug-likeness (QED) is 0.697. The van der Waals surface area contributed by atoms with E-state index in [-0.39, 0.29) is 12.5 Å². The van der Waals surface area contributed by atoms with Gasteiger partial charge in [0.2, 0.25) is 10.0 Å². The van der Waals surface area contributed by atoms with E-state index in [9.17, 15) is 13.2 Å². The van der Waals surface area contributed by atoms with Crippen molar-refractivity contribution in [1.82, 2.24) is 5.32 Å². The van der Waals surface area contributed by atoms with Gasteiger partial charge in [0.25, 0.3) is 5.91 Å². The van der Waals surface area contributed by atoms with Gasteiger partial charge >= 0.3 is 0 Å². The number of amides is 1. The minimum absolute atomic E-state index is 0.0296. The third kappa shape index (κ3) is 5.20. The summed E-state index contributed by atoms with van der Waals surface area (Å²) in [6.45, 7) is 2.52. The third-order valence-electron chi connectivity index (χ3n) is 4.36. The number of nitrogens with zero attached hydrogens (tertiary/aromatic N) is 1. The second-order valence-electron chi connectivity index (χ2n) is 6.70. The summed E-state index contributed by atoms with van der Waals surface area (Å²) < 4.78 is 31.2. The topological polar surface area (TPSA) is 75.7 Å². The Kier molecular flexibility index (Phi) is 6.51. The Labute approximate surface area is 170 Å². The van der Waals surface area contributed by atoms with Crippen molar-refractivity contribution in [2.45, 2.75) is 18.8 Å². The Morgan fingerprint density at radius 2 is 1.93 bits per heavy atom. The highest BCUT2D eigenvalue weighted by Crippen LogP contribution is 2.34. The highest BCUT2D eigenvalue weighted by atomic mass is 32.2. The second-order valence-corrected chi connectivity index (χ2v) is 9.71. The Balaban J connectivity index is 1.51. The maximum Gasteiger partial charge on any atom is 0.263 e. The molecule has 28 heavy (non-hydrogen) atoms. The van der Waals surface area contributed by atoms with Crippen LogP contribution in [0.15, 0.2) is 48.5 Å². The number of carbonyl (C=O) groups is 1. The monoisotopic (exact) mass is 420 g/mol. The van der Waals surface area contributed by atoms with E-state index in [1.165, 1.54) is 15.4 Å². The van der Waals surface area contributed by atoms with Gasteiger partial charge in [0, 0.05) is 18.1 Å². The lowest BCUT2D eigenvalue weighted by Crippen LogP contribution is -2.50. The Hall–Kier alpha value is -2.19. The number of aryl methyl sites for hydroxylation is 1. The minimum Gasteiger partial charge on any atom is -0.476 e. The molecule has 3 rings (SSSR count). The van der Waals surface area contributed by atoms with E-state index < -0.39 is 16.1 Å². The molecule has 8 heteroatoms. The number of rotatable bonds is 7. The van der Waals surface area contributed by atoms with Crippen LogP contribution < -0.4 is 14.4 Å². The highest BCUT2D eigenvalue weighted by Gasteiger charge is 2.34. The van der Waals surface area contributed by atoms with Crippen LogP contribution in [0.4, 0.5) is 5.69 Å². The molecule has 0 bridgehead atoms. The van der Waals surface area contributed by atoms with Crippen molar-refractivity contribution in [3.8, 4) is 5.75 Å². The zero-order valence-electron chi connectivity index (χ0n) is 15.9. The molecule has 2 aromatic rings. The van der Waals surface area contributed by atoms with Crippen LogP contribution in [0.1, 0.15) is 11.1 Å². The molecule has 0 saturated heterocycles. The van der Waals surface area contributed by atoms with Gasteiger partial charge in [0.1, 0.15) is 5.75 Å². The number of hydrogen-bond donors (Lipinski definition) is 1. The van der Waals surface area contributed by atoms with Crippen molar-refractivity contribution in [2.75, 3.05) is 29.4 Å². The van der Waals surface area contributed by atoms with Gasteiger partial charge in [0.15, 0.2) is 6.10 Å². The van der Waals surface area contributed by atoms with Crippen LogP contribution in [0.3, 0.4) is 0 Å². The van der Waals surface area contributed by atoms with Crippen molar-refractivity contribution in [3.05, 3.63) is 59.7 Å². The van der Waals surface area contributed by atoms with Crippen LogP contribution in [-0.4, -0.2) is 45.5 Å². The Bertz CT molecular complexity index is 929. The maximum absolute atomic E-state index is 12.5. The van der Waals surface area contributed by atoms with E-state index in [0.29, 0.717) is 18.0 Å². The largest absolute Gasteiger partial charge is 0.476 e. The van der Waals surface area contributed by atoms with Crippen molar-refractivity contribution in [1.29, 1.82) is 0 Å².